The molecular formula is C19H19N6S2+. The summed E-state index contributed by atoms with van der Waals surface area (Å²) < 4.78 is 5.44. The van der Waals surface area contributed by atoms with Crippen molar-refractivity contribution in [3.8, 4) is 5.69 Å². The Bertz CT molecular complexity index is 1100. The number of hydrogen-bond acceptors (Lipinski definition) is 5. The van der Waals surface area contributed by atoms with Crippen molar-refractivity contribution in [2.45, 2.75) is 25.6 Å². The Morgan fingerprint density at radius 2 is 1.89 bits per heavy atom. The van der Waals surface area contributed by atoms with Crippen LogP contribution in [-0.2, 0) is 6.67 Å². The van der Waals surface area contributed by atoms with Crippen LogP contribution >= 0.6 is 23.6 Å². The largest absolute Gasteiger partial charge is 0.308 e. The van der Waals surface area contributed by atoms with E-state index in [1.807, 2.05) is 41.1 Å². The third-order valence-electron chi connectivity index (χ3n) is 5.09. The average molecular weight is 396 g/mol. The van der Waals surface area contributed by atoms with Crippen LogP contribution in [-0.4, -0.2) is 31.3 Å². The summed E-state index contributed by atoms with van der Waals surface area (Å²) in [7, 11) is 0. The van der Waals surface area contributed by atoms with E-state index in [1.54, 1.807) is 16.0 Å². The van der Waals surface area contributed by atoms with Crippen molar-refractivity contribution in [3.63, 3.8) is 0 Å². The summed E-state index contributed by atoms with van der Waals surface area (Å²) in [5.74, 6) is 0. The number of para-hydroxylation sites is 2. The number of nitrogens with one attached hydrogen (secondary N) is 1. The summed E-state index contributed by atoms with van der Waals surface area (Å²) in [5, 5.41) is 9.79. The van der Waals surface area contributed by atoms with Crippen LogP contribution in [0.15, 0.2) is 54.6 Å². The van der Waals surface area contributed by atoms with Crippen molar-refractivity contribution in [1.82, 2.24) is 24.8 Å². The summed E-state index contributed by atoms with van der Waals surface area (Å²) in [6, 6.07) is 18.7. The van der Waals surface area contributed by atoms with E-state index in [2.05, 4.69) is 28.6 Å². The zero-order valence-electron chi connectivity index (χ0n) is 14.7. The maximum atomic E-state index is 5.62. The molecular weight excluding hydrogens is 376 g/mol. The van der Waals surface area contributed by atoms with E-state index in [0.717, 1.165) is 24.2 Å². The molecule has 0 saturated carbocycles. The van der Waals surface area contributed by atoms with Gasteiger partial charge in [0.1, 0.15) is 6.04 Å². The molecule has 0 bridgehead atoms. The highest BCUT2D eigenvalue weighted by atomic mass is 32.1. The SMILES string of the molecule is S=c1n(C[NH+]2CCC[C@@H]2c2nc3ccccc3s2)nnn1-c1ccccc1. The van der Waals surface area contributed by atoms with E-state index >= 15 is 0 Å². The van der Waals surface area contributed by atoms with Gasteiger partial charge in [0, 0.05) is 12.8 Å². The fourth-order valence-corrected chi connectivity index (χ4v) is 5.14. The van der Waals surface area contributed by atoms with E-state index in [0.29, 0.717) is 17.5 Å². The molecule has 0 radical (unpaired) electrons. The van der Waals surface area contributed by atoms with E-state index in [4.69, 9.17) is 17.2 Å². The molecule has 5 rings (SSSR count). The lowest BCUT2D eigenvalue weighted by Gasteiger charge is -2.18. The first-order valence-electron chi connectivity index (χ1n) is 9.08. The lowest BCUT2D eigenvalue weighted by atomic mass is 10.2. The molecule has 0 spiro atoms. The normalized spacial score (nSPS) is 19.7. The highest BCUT2D eigenvalue weighted by Gasteiger charge is 2.33. The molecule has 0 amide bonds. The Hall–Kier alpha value is -2.42. The van der Waals surface area contributed by atoms with Crippen molar-refractivity contribution in [2.75, 3.05) is 6.54 Å². The molecule has 1 aliphatic rings. The lowest BCUT2D eigenvalue weighted by Crippen LogP contribution is -3.09. The van der Waals surface area contributed by atoms with Gasteiger partial charge in [-0.25, -0.2) is 4.98 Å². The summed E-state index contributed by atoms with van der Waals surface area (Å²) in [5.41, 5.74) is 2.03. The molecule has 2 atom stereocenters. The second-order valence-corrected chi connectivity index (χ2v) is 8.22. The third-order valence-corrected chi connectivity index (χ3v) is 6.62. The van der Waals surface area contributed by atoms with E-state index < -0.39 is 0 Å². The number of benzene rings is 2. The monoisotopic (exact) mass is 395 g/mol. The molecule has 0 aliphatic carbocycles. The van der Waals surface area contributed by atoms with Crippen molar-refractivity contribution in [3.05, 3.63) is 64.4 Å². The highest BCUT2D eigenvalue weighted by molar-refractivity contribution is 7.71. The fraction of sp³-hybridized carbons (Fsp3) is 0.263. The van der Waals surface area contributed by atoms with Gasteiger partial charge < -0.3 is 4.90 Å². The number of hydrogen-bond donors (Lipinski definition) is 1. The minimum atomic E-state index is 0.395. The second kappa shape index (κ2) is 6.95. The first-order valence-corrected chi connectivity index (χ1v) is 10.3. The minimum absolute atomic E-state index is 0.395. The number of nitrogens with zero attached hydrogens (tertiary/aromatic N) is 5. The van der Waals surface area contributed by atoms with Crippen LogP contribution < -0.4 is 4.90 Å². The summed E-state index contributed by atoms with van der Waals surface area (Å²) >= 11 is 7.43. The number of rotatable bonds is 4. The van der Waals surface area contributed by atoms with Gasteiger partial charge in [0.2, 0.25) is 4.77 Å². The number of likely N-dealkylation sites (tertiary alicyclic amines) is 1. The molecule has 2 aromatic heterocycles. The van der Waals surface area contributed by atoms with Crippen molar-refractivity contribution >= 4 is 33.8 Å². The highest BCUT2D eigenvalue weighted by Crippen LogP contribution is 2.28. The standard InChI is InChI=1S/C19H18N6S2/c26-19-24(21-22-25(19)14-7-2-1-3-8-14)13-23-12-6-10-16(23)18-20-15-9-4-5-11-17(15)27-18/h1-5,7-9,11,16H,6,10,12-13H2/p+1/t16-/m1/s1. The Morgan fingerprint density at radius 3 is 2.74 bits per heavy atom. The maximum Gasteiger partial charge on any atom is 0.225 e. The Morgan fingerprint density at radius 1 is 1.07 bits per heavy atom. The maximum absolute atomic E-state index is 5.62. The molecule has 2 aromatic carbocycles. The number of thiazole rings is 1. The summed E-state index contributed by atoms with van der Waals surface area (Å²) in [6.45, 7) is 1.81. The zero-order valence-corrected chi connectivity index (χ0v) is 16.3. The predicted octanol–water partition coefficient (Wildman–Crippen LogP) is 2.79. The molecule has 1 unspecified atom stereocenters. The minimum Gasteiger partial charge on any atom is -0.308 e. The first kappa shape index (κ1) is 16.7. The van der Waals surface area contributed by atoms with E-state index in [1.165, 1.54) is 21.0 Å². The van der Waals surface area contributed by atoms with Gasteiger partial charge in [0.25, 0.3) is 0 Å². The van der Waals surface area contributed by atoms with Crippen LogP contribution in [0.2, 0.25) is 0 Å². The van der Waals surface area contributed by atoms with Gasteiger partial charge in [0.15, 0.2) is 11.7 Å². The van der Waals surface area contributed by atoms with Crippen molar-refractivity contribution in [2.24, 2.45) is 0 Å². The van der Waals surface area contributed by atoms with E-state index in [-0.39, 0.29) is 0 Å². The Balaban J connectivity index is 1.42. The molecule has 8 heteroatoms. The molecule has 1 N–H and O–H groups in total. The third kappa shape index (κ3) is 3.09. The van der Waals surface area contributed by atoms with Crippen LogP contribution in [0.4, 0.5) is 0 Å². The summed E-state index contributed by atoms with van der Waals surface area (Å²) in [4.78, 5) is 6.33. The topological polar surface area (TPSA) is 53.0 Å². The number of tetrazole rings is 1. The molecule has 1 aliphatic heterocycles. The van der Waals surface area contributed by atoms with Crippen LogP contribution in [0.1, 0.15) is 23.9 Å². The van der Waals surface area contributed by atoms with Gasteiger partial charge >= 0.3 is 0 Å². The van der Waals surface area contributed by atoms with Crippen LogP contribution in [0, 0.1) is 4.77 Å². The Labute approximate surface area is 165 Å². The van der Waals surface area contributed by atoms with E-state index in [9.17, 15) is 0 Å². The molecule has 4 aromatic rings. The summed E-state index contributed by atoms with van der Waals surface area (Å²) in [6.07, 6.45) is 2.34. The van der Waals surface area contributed by atoms with Crippen LogP contribution in [0.25, 0.3) is 15.9 Å². The molecule has 1 saturated heterocycles. The van der Waals surface area contributed by atoms with Crippen molar-refractivity contribution in [1.29, 1.82) is 0 Å². The molecule has 3 heterocycles. The molecule has 1 fully saturated rings. The van der Waals surface area contributed by atoms with Gasteiger partial charge in [0.05, 0.1) is 22.4 Å². The smallest absolute Gasteiger partial charge is 0.225 e. The van der Waals surface area contributed by atoms with Crippen LogP contribution in [0.5, 0.6) is 0 Å². The van der Waals surface area contributed by atoms with Gasteiger partial charge in [-0.1, -0.05) is 30.3 Å². The average Bonchev–Trinajstić information content (AvgIpc) is 3.41. The number of quaternary nitrogens is 1. The number of fused-ring (bicyclic) bond motifs is 1. The van der Waals surface area contributed by atoms with Crippen LogP contribution in [0.3, 0.4) is 0 Å². The first-order chi connectivity index (χ1) is 13.3. The van der Waals surface area contributed by atoms with Gasteiger partial charge in [-0.15, -0.1) is 11.3 Å². The lowest BCUT2D eigenvalue weighted by molar-refractivity contribution is -0.941. The molecule has 6 nitrogen and oxygen atoms in total. The second-order valence-electron chi connectivity index (χ2n) is 6.79. The molecule has 136 valence electrons. The zero-order chi connectivity index (χ0) is 18.2. The van der Waals surface area contributed by atoms with Gasteiger partial charge in [-0.2, -0.15) is 9.36 Å². The van der Waals surface area contributed by atoms with Crippen molar-refractivity contribution < 1.29 is 4.90 Å². The fourth-order valence-electron chi connectivity index (χ4n) is 3.74. The van der Waals surface area contributed by atoms with Gasteiger partial charge in [-0.05, 0) is 46.9 Å². The quantitative estimate of drug-likeness (QED) is 0.540. The van der Waals surface area contributed by atoms with Gasteiger partial charge in [-0.3, -0.25) is 0 Å². The number of aromatic nitrogens is 5. The molecule has 27 heavy (non-hydrogen) atoms. The Kier molecular flexibility index (Phi) is 4.31. The predicted molar refractivity (Wildman–Crippen MR) is 108 cm³/mol.